The van der Waals surface area contributed by atoms with Crippen molar-refractivity contribution >= 4 is 17.8 Å². The van der Waals surface area contributed by atoms with E-state index in [1.54, 1.807) is 0 Å². The van der Waals surface area contributed by atoms with E-state index in [2.05, 4.69) is 4.74 Å². The van der Waals surface area contributed by atoms with E-state index in [0.717, 1.165) is 0 Å². The number of ether oxygens (including phenoxy) is 1. The number of carbonyl (C=O) groups excluding carboxylic acids is 2. The molecule has 0 aromatic rings. The van der Waals surface area contributed by atoms with Gasteiger partial charge in [0.05, 0.1) is 6.10 Å². The number of amides is 2. The summed E-state index contributed by atoms with van der Waals surface area (Å²) >= 11 is 0. The maximum absolute atomic E-state index is 11.3. The third kappa shape index (κ3) is 2.31. The Bertz CT molecular complexity index is 284. The molecular formula is C8H11NO6. The Morgan fingerprint density at radius 3 is 2.20 bits per heavy atom. The fraction of sp³-hybridized carbons (Fsp3) is 0.625. The Hall–Kier alpha value is -1.47. The van der Waals surface area contributed by atoms with Gasteiger partial charge in [0.1, 0.15) is 13.2 Å². The van der Waals surface area contributed by atoms with E-state index in [1.807, 2.05) is 0 Å². The number of aliphatic hydroxyl groups excluding tert-OH is 1. The van der Waals surface area contributed by atoms with Gasteiger partial charge in [-0.15, -0.1) is 0 Å². The highest BCUT2D eigenvalue weighted by molar-refractivity contribution is 6.01. The van der Waals surface area contributed by atoms with Crippen LogP contribution in [-0.4, -0.2) is 58.3 Å². The molecule has 0 radical (unpaired) electrons. The summed E-state index contributed by atoms with van der Waals surface area (Å²) < 4.78 is 4.62. The summed E-state index contributed by atoms with van der Waals surface area (Å²) in [5.74, 6) is -2.92. The summed E-state index contributed by atoms with van der Waals surface area (Å²) in [5.41, 5.74) is 0. The number of carboxylic acid groups (broad SMARTS) is 1. The second kappa shape index (κ2) is 4.37. The molecular weight excluding hydrogens is 206 g/mol. The van der Waals surface area contributed by atoms with Crippen molar-refractivity contribution in [1.29, 1.82) is 0 Å². The molecule has 15 heavy (non-hydrogen) atoms. The minimum absolute atomic E-state index is 0.345. The van der Waals surface area contributed by atoms with Crippen molar-refractivity contribution in [1.82, 2.24) is 4.90 Å². The fourth-order valence-corrected chi connectivity index (χ4v) is 1.35. The quantitative estimate of drug-likeness (QED) is 0.541. The van der Waals surface area contributed by atoms with E-state index in [1.165, 1.54) is 6.92 Å². The van der Waals surface area contributed by atoms with Crippen molar-refractivity contribution in [3.8, 4) is 0 Å². The topological polar surface area (TPSA) is 104 Å². The molecule has 2 unspecified atom stereocenters. The second-order valence-electron chi connectivity index (χ2n) is 3.17. The smallest absolute Gasteiger partial charge is 0.329 e. The molecule has 7 heteroatoms. The molecule has 2 N–H and O–H groups in total. The predicted octanol–water partition coefficient (Wildman–Crippen LogP) is -1.79. The molecule has 1 aliphatic rings. The molecule has 0 aromatic heterocycles. The minimum atomic E-state index is -1.55. The number of imide groups is 1. The lowest BCUT2D eigenvalue weighted by Gasteiger charge is -2.31. The number of morpholine rings is 1. The highest BCUT2D eigenvalue weighted by atomic mass is 16.5. The molecule has 0 saturated carbocycles. The van der Waals surface area contributed by atoms with Gasteiger partial charge in [0.25, 0.3) is 11.8 Å². The summed E-state index contributed by atoms with van der Waals surface area (Å²) in [6.07, 6.45) is -1.33. The van der Waals surface area contributed by atoms with Crippen molar-refractivity contribution in [2.45, 2.75) is 19.1 Å². The standard InChI is InChI=1S/C8H11NO6/c1-4(10)7(8(13)14)9-5(11)2-15-3-6(9)12/h4,7,10H,2-3H2,1H3,(H,13,14). The van der Waals surface area contributed by atoms with Gasteiger partial charge in [0.2, 0.25) is 0 Å². The van der Waals surface area contributed by atoms with Crippen LogP contribution in [0.15, 0.2) is 0 Å². The first-order valence-electron chi connectivity index (χ1n) is 4.28. The summed E-state index contributed by atoms with van der Waals surface area (Å²) in [7, 11) is 0. The molecule has 84 valence electrons. The second-order valence-corrected chi connectivity index (χ2v) is 3.17. The van der Waals surface area contributed by atoms with Crippen LogP contribution in [0, 0.1) is 0 Å². The van der Waals surface area contributed by atoms with Crippen LogP contribution in [0.5, 0.6) is 0 Å². The maximum atomic E-state index is 11.3. The van der Waals surface area contributed by atoms with E-state index < -0.39 is 29.9 Å². The van der Waals surface area contributed by atoms with E-state index in [0.29, 0.717) is 4.90 Å². The van der Waals surface area contributed by atoms with Gasteiger partial charge in [-0.2, -0.15) is 0 Å². The van der Waals surface area contributed by atoms with Crippen LogP contribution in [0.4, 0.5) is 0 Å². The van der Waals surface area contributed by atoms with Crippen LogP contribution in [0.2, 0.25) is 0 Å². The number of aliphatic carboxylic acids is 1. The lowest BCUT2D eigenvalue weighted by Crippen LogP contribution is -2.58. The van der Waals surface area contributed by atoms with E-state index in [-0.39, 0.29) is 13.2 Å². The first-order chi connectivity index (χ1) is 6.95. The zero-order valence-corrected chi connectivity index (χ0v) is 8.04. The van der Waals surface area contributed by atoms with Gasteiger partial charge in [-0.3, -0.25) is 14.5 Å². The molecule has 1 heterocycles. The zero-order chi connectivity index (χ0) is 11.6. The first kappa shape index (κ1) is 11.6. The minimum Gasteiger partial charge on any atom is -0.480 e. The monoisotopic (exact) mass is 217 g/mol. The zero-order valence-electron chi connectivity index (χ0n) is 8.04. The van der Waals surface area contributed by atoms with Gasteiger partial charge in [0.15, 0.2) is 6.04 Å². The van der Waals surface area contributed by atoms with Crippen molar-refractivity contribution in [3.63, 3.8) is 0 Å². The molecule has 0 aliphatic carbocycles. The fourth-order valence-electron chi connectivity index (χ4n) is 1.35. The Kier molecular flexibility index (Phi) is 3.38. The highest BCUT2D eigenvalue weighted by Gasteiger charge is 2.39. The largest absolute Gasteiger partial charge is 0.480 e. The molecule has 0 bridgehead atoms. The van der Waals surface area contributed by atoms with Crippen LogP contribution in [0.1, 0.15) is 6.92 Å². The number of hydrogen-bond donors (Lipinski definition) is 2. The molecule has 0 aromatic carbocycles. The van der Waals surface area contributed by atoms with E-state index in [9.17, 15) is 19.5 Å². The molecule has 0 spiro atoms. The van der Waals surface area contributed by atoms with Crippen LogP contribution in [0.25, 0.3) is 0 Å². The summed E-state index contributed by atoms with van der Waals surface area (Å²) in [4.78, 5) is 33.8. The third-order valence-corrected chi connectivity index (χ3v) is 1.98. The van der Waals surface area contributed by atoms with Gasteiger partial charge in [-0.25, -0.2) is 4.79 Å². The van der Waals surface area contributed by atoms with Gasteiger partial charge >= 0.3 is 5.97 Å². The highest BCUT2D eigenvalue weighted by Crippen LogP contribution is 2.10. The normalized spacial score (nSPS) is 21.3. The Morgan fingerprint density at radius 2 is 1.87 bits per heavy atom. The van der Waals surface area contributed by atoms with Gasteiger partial charge in [-0.05, 0) is 6.92 Å². The SMILES string of the molecule is CC(O)C(C(=O)O)N1C(=O)COCC1=O. The van der Waals surface area contributed by atoms with E-state index in [4.69, 9.17) is 5.11 Å². The molecule has 2 atom stereocenters. The number of carboxylic acids is 1. The summed E-state index contributed by atoms with van der Waals surface area (Å²) in [6, 6.07) is -1.55. The average molecular weight is 217 g/mol. The molecule has 1 rings (SSSR count). The van der Waals surface area contributed by atoms with Crippen molar-refractivity contribution in [2.24, 2.45) is 0 Å². The van der Waals surface area contributed by atoms with Crippen LogP contribution < -0.4 is 0 Å². The molecule has 2 amide bonds. The number of aliphatic hydroxyl groups is 1. The van der Waals surface area contributed by atoms with Crippen LogP contribution in [0.3, 0.4) is 0 Å². The maximum Gasteiger partial charge on any atom is 0.329 e. The first-order valence-corrected chi connectivity index (χ1v) is 4.28. The van der Waals surface area contributed by atoms with Gasteiger partial charge in [0, 0.05) is 0 Å². The molecule has 1 saturated heterocycles. The number of carbonyl (C=O) groups is 3. The Morgan fingerprint density at radius 1 is 1.40 bits per heavy atom. The molecule has 7 nitrogen and oxygen atoms in total. The van der Waals surface area contributed by atoms with Gasteiger partial charge in [-0.1, -0.05) is 0 Å². The Balaban J connectivity index is 2.94. The predicted molar refractivity (Wildman–Crippen MR) is 45.8 cm³/mol. The lowest BCUT2D eigenvalue weighted by atomic mass is 10.1. The molecule has 1 fully saturated rings. The summed E-state index contributed by atoms with van der Waals surface area (Å²) in [5, 5.41) is 18.0. The van der Waals surface area contributed by atoms with Crippen LogP contribution in [-0.2, 0) is 19.1 Å². The number of hydrogen-bond acceptors (Lipinski definition) is 5. The van der Waals surface area contributed by atoms with E-state index >= 15 is 0 Å². The number of rotatable bonds is 3. The third-order valence-electron chi connectivity index (χ3n) is 1.98. The summed E-state index contributed by atoms with van der Waals surface area (Å²) in [6.45, 7) is 0.513. The van der Waals surface area contributed by atoms with Gasteiger partial charge < -0.3 is 14.9 Å². The Labute approximate surface area is 85.2 Å². The molecule has 1 aliphatic heterocycles. The van der Waals surface area contributed by atoms with Crippen molar-refractivity contribution in [3.05, 3.63) is 0 Å². The van der Waals surface area contributed by atoms with Crippen LogP contribution >= 0.6 is 0 Å². The van der Waals surface area contributed by atoms with Crippen molar-refractivity contribution < 1.29 is 29.3 Å². The number of nitrogens with zero attached hydrogens (tertiary/aromatic N) is 1. The van der Waals surface area contributed by atoms with Crippen molar-refractivity contribution in [2.75, 3.05) is 13.2 Å². The lowest BCUT2D eigenvalue weighted by molar-refractivity contribution is -0.172. The average Bonchev–Trinajstić information content (AvgIpc) is 2.09.